The molecule has 1 aromatic heterocycles. The summed E-state index contributed by atoms with van der Waals surface area (Å²) in [5.41, 5.74) is 4.46. The number of hydrogen-bond donors (Lipinski definition) is 1. The van der Waals surface area contributed by atoms with Gasteiger partial charge in [0.15, 0.2) is 0 Å². The smallest absolute Gasteiger partial charge is 0.146 e. The van der Waals surface area contributed by atoms with Crippen LogP contribution in [0.2, 0.25) is 0 Å². The molecule has 1 aromatic carbocycles. The van der Waals surface area contributed by atoms with Crippen LogP contribution in [0.25, 0.3) is 0 Å². The first-order chi connectivity index (χ1) is 9.74. The Hall–Kier alpha value is -1.46. The molecule has 2 aromatic rings. The van der Waals surface area contributed by atoms with Gasteiger partial charge in [0.2, 0.25) is 0 Å². The lowest BCUT2D eigenvalue weighted by Crippen LogP contribution is -2.23. The molecule has 1 fully saturated rings. The molecule has 0 aliphatic heterocycles. The monoisotopic (exact) mass is 291 g/mol. The van der Waals surface area contributed by atoms with E-state index in [1.807, 2.05) is 23.4 Å². The summed E-state index contributed by atoms with van der Waals surface area (Å²) in [6.45, 7) is 1.35. The highest BCUT2D eigenvalue weighted by Gasteiger charge is 2.21. The number of benzene rings is 1. The van der Waals surface area contributed by atoms with Gasteiger partial charge in [-0.2, -0.15) is 0 Å². The molecule has 1 N–H and O–H groups in total. The van der Waals surface area contributed by atoms with E-state index in [1.54, 1.807) is 22.9 Å². The van der Waals surface area contributed by atoms with E-state index in [1.165, 1.54) is 18.9 Å². The van der Waals surface area contributed by atoms with Crippen LogP contribution >= 0.6 is 11.3 Å². The number of hydrogen-bond acceptors (Lipinski definition) is 4. The molecule has 0 radical (unpaired) electrons. The van der Waals surface area contributed by atoms with Crippen molar-refractivity contribution in [2.75, 3.05) is 11.9 Å². The van der Waals surface area contributed by atoms with Gasteiger partial charge < -0.3 is 10.2 Å². The largest absolute Gasteiger partial charge is 0.366 e. The van der Waals surface area contributed by atoms with E-state index in [2.05, 4.69) is 10.3 Å². The summed E-state index contributed by atoms with van der Waals surface area (Å²) in [5, 5.41) is 5.45. The lowest BCUT2D eigenvalue weighted by Gasteiger charge is -2.22. The Balaban J connectivity index is 1.78. The van der Waals surface area contributed by atoms with Crippen LogP contribution in [0, 0.1) is 5.82 Å². The van der Waals surface area contributed by atoms with E-state index in [4.69, 9.17) is 0 Å². The molecule has 0 amide bonds. The predicted octanol–water partition coefficient (Wildman–Crippen LogP) is 3.17. The molecule has 106 valence electrons. The summed E-state index contributed by atoms with van der Waals surface area (Å²) >= 11 is 1.56. The lowest BCUT2D eigenvalue weighted by atomic mass is 10.1. The average Bonchev–Trinajstić information content (AvgIpc) is 3.13. The van der Waals surface area contributed by atoms with Crippen molar-refractivity contribution in [3.8, 4) is 0 Å². The molecule has 0 saturated heterocycles. The van der Waals surface area contributed by atoms with Crippen LogP contribution in [-0.4, -0.2) is 18.1 Å². The van der Waals surface area contributed by atoms with Crippen molar-refractivity contribution in [1.82, 2.24) is 10.3 Å². The highest BCUT2D eigenvalue weighted by Crippen LogP contribution is 2.26. The molecule has 1 saturated carbocycles. The second kappa shape index (κ2) is 5.89. The predicted molar refractivity (Wildman–Crippen MR) is 80.5 cm³/mol. The van der Waals surface area contributed by atoms with Gasteiger partial charge in [-0.15, -0.1) is 11.3 Å². The number of nitrogens with one attached hydrogen (secondary N) is 1. The van der Waals surface area contributed by atoms with Gasteiger partial charge >= 0.3 is 0 Å². The van der Waals surface area contributed by atoms with Crippen LogP contribution in [0.1, 0.15) is 24.1 Å². The second-order valence-electron chi connectivity index (χ2n) is 5.24. The maximum atomic E-state index is 14.2. The van der Waals surface area contributed by atoms with E-state index in [9.17, 15) is 4.39 Å². The fourth-order valence-corrected chi connectivity index (χ4v) is 2.86. The zero-order valence-electron chi connectivity index (χ0n) is 11.5. The Morgan fingerprint density at radius 2 is 2.30 bits per heavy atom. The van der Waals surface area contributed by atoms with Gasteiger partial charge in [-0.05, 0) is 24.5 Å². The molecule has 20 heavy (non-hydrogen) atoms. The van der Waals surface area contributed by atoms with Gasteiger partial charge in [0, 0.05) is 25.0 Å². The van der Waals surface area contributed by atoms with Crippen LogP contribution < -0.4 is 10.2 Å². The van der Waals surface area contributed by atoms with Crippen LogP contribution in [-0.2, 0) is 13.1 Å². The van der Waals surface area contributed by atoms with Crippen molar-refractivity contribution in [3.05, 3.63) is 46.2 Å². The summed E-state index contributed by atoms with van der Waals surface area (Å²) in [7, 11) is 1.92. The number of halogens is 1. The van der Waals surface area contributed by atoms with Gasteiger partial charge in [0.05, 0.1) is 23.4 Å². The van der Waals surface area contributed by atoms with Crippen molar-refractivity contribution in [3.63, 3.8) is 0 Å². The van der Waals surface area contributed by atoms with Crippen LogP contribution in [0.4, 0.5) is 10.1 Å². The zero-order valence-corrected chi connectivity index (χ0v) is 12.3. The summed E-state index contributed by atoms with van der Waals surface area (Å²) in [6, 6.07) is 5.91. The molecule has 1 aliphatic carbocycles. The summed E-state index contributed by atoms with van der Waals surface area (Å²) < 4.78 is 14.2. The molecule has 0 atom stereocenters. The van der Waals surface area contributed by atoms with Crippen molar-refractivity contribution in [1.29, 1.82) is 0 Å². The third-order valence-corrected chi connectivity index (χ3v) is 4.13. The van der Waals surface area contributed by atoms with Crippen molar-refractivity contribution in [2.24, 2.45) is 0 Å². The molecule has 1 heterocycles. The molecule has 3 nitrogen and oxygen atoms in total. The lowest BCUT2D eigenvalue weighted by molar-refractivity contribution is 0.613. The Morgan fingerprint density at radius 1 is 1.45 bits per heavy atom. The zero-order chi connectivity index (χ0) is 13.9. The van der Waals surface area contributed by atoms with Gasteiger partial charge in [0.1, 0.15) is 5.82 Å². The minimum atomic E-state index is -0.169. The molecular weight excluding hydrogens is 273 g/mol. The van der Waals surface area contributed by atoms with E-state index < -0.39 is 0 Å². The SMILES string of the molecule is CN(Cc1cscn1)c1c(F)cccc1CNC1CC1. The highest BCUT2D eigenvalue weighted by atomic mass is 32.1. The number of nitrogens with zero attached hydrogens (tertiary/aromatic N) is 2. The maximum Gasteiger partial charge on any atom is 0.146 e. The fourth-order valence-electron chi connectivity index (χ4n) is 2.31. The Kier molecular flexibility index (Phi) is 3.98. The topological polar surface area (TPSA) is 28.2 Å². The summed E-state index contributed by atoms with van der Waals surface area (Å²) in [4.78, 5) is 6.20. The number of anilines is 1. The quantitative estimate of drug-likeness (QED) is 0.886. The van der Waals surface area contributed by atoms with Crippen molar-refractivity contribution in [2.45, 2.75) is 32.0 Å². The number of rotatable bonds is 6. The van der Waals surface area contributed by atoms with Crippen molar-refractivity contribution >= 4 is 17.0 Å². The first kappa shape index (κ1) is 13.5. The molecule has 3 rings (SSSR count). The molecule has 0 bridgehead atoms. The van der Waals surface area contributed by atoms with Gasteiger partial charge in [-0.3, -0.25) is 0 Å². The van der Waals surface area contributed by atoms with E-state index in [-0.39, 0.29) is 5.82 Å². The minimum absolute atomic E-state index is 0.169. The highest BCUT2D eigenvalue weighted by molar-refractivity contribution is 7.07. The van der Waals surface area contributed by atoms with E-state index >= 15 is 0 Å². The standard InChI is InChI=1S/C15H18FN3S/c1-19(8-13-9-20-10-18-13)15-11(3-2-4-14(15)16)7-17-12-5-6-12/h2-4,9-10,12,17H,5-8H2,1H3. The molecule has 0 unspecified atom stereocenters. The normalized spacial score (nSPS) is 14.5. The van der Waals surface area contributed by atoms with Crippen molar-refractivity contribution < 1.29 is 4.39 Å². The average molecular weight is 291 g/mol. The minimum Gasteiger partial charge on any atom is -0.366 e. The van der Waals surface area contributed by atoms with Crippen LogP contribution in [0.3, 0.4) is 0 Å². The molecule has 5 heteroatoms. The first-order valence-corrected chi connectivity index (χ1v) is 7.77. The molecule has 1 aliphatic rings. The third-order valence-electron chi connectivity index (χ3n) is 3.49. The fraction of sp³-hybridized carbons (Fsp3) is 0.400. The van der Waals surface area contributed by atoms with Gasteiger partial charge in [0.25, 0.3) is 0 Å². The third kappa shape index (κ3) is 3.16. The Morgan fingerprint density at radius 3 is 3.00 bits per heavy atom. The van der Waals surface area contributed by atoms with Crippen LogP contribution in [0.15, 0.2) is 29.1 Å². The summed E-state index contributed by atoms with van der Waals surface area (Å²) in [5.74, 6) is -0.169. The second-order valence-corrected chi connectivity index (χ2v) is 5.96. The van der Waals surface area contributed by atoms with Gasteiger partial charge in [-0.1, -0.05) is 12.1 Å². The maximum absolute atomic E-state index is 14.2. The number of aromatic nitrogens is 1. The summed E-state index contributed by atoms with van der Waals surface area (Å²) in [6.07, 6.45) is 2.47. The Labute approximate surface area is 122 Å². The first-order valence-electron chi connectivity index (χ1n) is 6.83. The molecule has 0 spiro atoms. The molecular formula is C15H18FN3S. The van der Waals surface area contributed by atoms with E-state index in [0.717, 1.165) is 17.8 Å². The number of thiazole rings is 1. The van der Waals surface area contributed by atoms with Gasteiger partial charge in [-0.25, -0.2) is 9.37 Å². The van der Waals surface area contributed by atoms with E-state index in [0.29, 0.717) is 18.3 Å². The van der Waals surface area contributed by atoms with Crippen LogP contribution in [0.5, 0.6) is 0 Å². The Bertz CT molecular complexity index is 567. The number of para-hydroxylation sites is 1.